The van der Waals surface area contributed by atoms with Gasteiger partial charge in [0.1, 0.15) is 5.82 Å². The molecule has 98 valence electrons. The third-order valence-electron chi connectivity index (χ3n) is 2.58. The minimum Gasteiger partial charge on any atom is -0.396 e. The minimum absolute atomic E-state index is 0.0358. The predicted octanol–water partition coefficient (Wildman–Crippen LogP) is 2.12. The molecule has 2 N–H and O–H groups in total. The van der Waals surface area contributed by atoms with E-state index in [1.165, 1.54) is 18.2 Å². The normalized spacial score (nSPS) is 13.2. The van der Waals surface area contributed by atoms with Crippen molar-refractivity contribution in [3.63, 3.8) is 0 Å². The first kappa shape index (κ1) is 14.4. The Labute approximate surface area is 106 Å². The number of amides is 1. The van der Waals surface area contributed by atoms with E-state index in [1.54, 1.807) is 19.1 Å². The highest BCUT2D eigenvalue weighted by molar-refractivity contribution is 5.94. The molecule has 1 aromatic carbocycles. The number of carbonyl (C=O) groups excluding carboxylic acids is 1. The van der Waals surface area contributed by atoms with Crippen molar-refractivity contribution < 1.29 is 14.3 Å². The number of nitrogens with one attached hydrogen (secondary N) is 1. The highest BCUT2D eigenvalue weighted by Gasteiger charge is 2.05. The van der Waals surface area contributed by atoms with Crippen molar-refractivity contribution in [1.29, 1.82) is 0 Å². The summed E-state index contributed by atoms with van der Waals surface area (Å²) in [7, 11) is 0. The summed E-state index contributed by atoms with van der Waals surface area (Å²) in [5.74, 6) is -0.563. The van der Waals surface area contributed by atoms with E-state index in [0.29, 0.717) is 17.6 Å². The Bertz CT molecular complexity index is 443. The maximum absolute atomic E-state index is 13.0. The van der Waals surface area contributed by atoms with Crippen LogP contribution in [0.5, 0.6) is 0 Å². The first-order chi connectivity index (χ1) is 8.52. The van der Waals surface area contributed by atoms with Gasteiger partial charge in [0, 0.05) is 18.7 Å². The van der Waals surface area contributed by atoms with Crippen molar-refractivity contribution in [2.45, 2.75) is 26.3 Å². The Hall–Kier alpha value is -1.68. The third-order valence-corrected chi connectivity index (χ3v) is 2.58. The Balaban J connectivity index is 2.68. The summed E-state index contributed by atoms with van der Waals surface area (Å²) in [5.41, 5.74) is 1.38. The van der Waals surface area contributed by atoms with Crippen LogP contribution >= 0.6 is 0 Å². The van der Waals surface area contributed by atoms with E-state index in [2.05, 4.69) is 5.32 Å². The van der Waals surface area contributed by atoms with Crippen molar-refractivity contribution in [2.24, 2.45) is 0 Å². The number of allylic oxidation sites excluding steroid dienone is 1. The van der Waals surface area contributed by atoms with Gasteiger partial charge in [0.2, 0.25) is 5.91 Å². The average Bonchev–Trinajstić information content (AvgIpc) is 2.28. The van der Waals surface area contributed by atoms with Crippen LogP contribution in [0.2, 0.25) is 0 Å². The highest BCUT2D eigenvalue weighted by atomic mass is 19.1. The topological polar surface area (TPSA) is 49.3 Å². The van der Waals surface area contributed by atoms with E-state index >= 15 is 0 Å². The molecular weight excluding hydrogens is 233 g/mol. The van der Waals surface area contributed by atoms with Crippen molar-refractivity contribution >= 4 is 11.5 Å². The van der Waals surface area contributed by atoms with Crippen LogP contribution in [0.4, 0.5) is 4.39 Å². The molecule has 0 saturated carbocycles. The second kappa shape index (κ2) is 6.91. The van der Waals surface area contributed by atoms with Crippen molar-refractivity contribution in [1.82, 2.24) is 5.32 Å². The molecule has 18 heavy (non-hydrogen) atoms. The lowest BCUT2D eigenvalue weighted by Gasteiger charge is -2.11. The predicted molar refractivity (Wildman–Crippen MR) is 69.4 cm³/mol. The van der Waals surface area contributed by atoms with Crippen LogP contribution in [-0.2, 0) is 4.79 Å². The fraction of sp³-hybridized carbons (Fsp3) is 0.357. The van der Waals surface area contributed by atoms with Crippen molar-refractivity contribution in [3.05, 3.63) is 41.7 Å². The second-order valence-corrected chi connectivity index (χ2v) is 4.26. The molecule has 1 amide bonds. The Morgan fingerprint density at radius 2 is 2.28 bits per heavy atom. The molecule has 0 radical (unpaired) electrons. The van der Waals surface area contributed by atoms with E-state index < -0.39 is 0 Å². The molecule has 0 bridgehead atoms. The molecule has 0 fully saturated rings. The molecule has 0 aliphatic carbocycles. The van der Waals surface area contributed by atoms with Gasteiger partial charge in [-0.2, -0.15) is 0 Å². The zero-order valence-corrected chi connectivity index (χ0v) is 10.6. The van der Waals surface area contributed by atoms with Crippen LogP contribution in [0.15, 0.2) is 30.3 Å². The second-order valence-electron chi connectivity index (χ2n) is 4.26. The number of benzene rings is 1. The van der Waals surface area contributed by atoms with Crippen molar-refractivity contribution in [3.8, 4) is 0 Å². The van der Waals surface area contributed by atoms with Gasteiger partial charge in [0.25, 0.3) is 0 Å². The SMILES string of the molecule is C/C(=C/C(=O)N[C@H](C)CCO)c1cccc(F)c1. The van der Waals surface area contributed by atoms with E-state index in [4.69, 9.17) is 5.11 Å². The van der Waals surface area contributed by atoms with Gasteiger partial charge in [-0.15, -0.1) is 0 Å². The fourth-order valence-corrected chi connectivity index (χ4v) is 1.56. The van der Waals surface area contributed by atoms with Gasteiger partial charge in [0.05, 0.1) is 0 Å². The standard InChI is InChI=1S/C14H18FNO2/c1-10(12-4-3-5-13(15)9-12)8-14(18)16-11(2)6-7-17/h3-5,8-9,11,17H,6-7H2,1-2H3,(H,16,18)/b10-8-/t11-/m1/s1. The Kier molecular flexibility index (Phi) is 5.52. The Morgan fingerprint density at radius 3 is 2.89 bits per heavy atom. The summed E-state index contributed by atoms with van der Waals surface area (Å²) in [4.78, 5) is 11.6. The van der Waals surface area contributed by atoms with Crippen LogP contribution in [0, 0.1) is 5.82 Å². The number of halogens is 1. The molecule has 1 aromatic rings. The summed E-state index contributed by atoms with van der Waals surface area (Å²) >= 11 is 0. The lowest BCUT2D eigenvalue weighted by Crippen LogP contribution is -2.31. The molecule has 0 spiro atoms. The minimum atomic E-state index is -0.325. The molecule has 3 nitrogen and oxygen atoms in total. The molecule has 0 saturated heterocycles. The summed E-state index contributed by atoms with van der Waals surface area (Å²) in [5, 5.41) is 11.5. The average molecular weight is 251 g/mol. The van der Waals surface area contributed by atoms with Gasteiger partial charge in [-0.25, -0.2) is 4.39 Å². The molecule has 0 aliphatic heterocycles. The van der Waals surface area contributed by atoms with Gasteiger partial charge >= 0.3 is 0 Å². The number of aliphatic hydroxyl groups is 1. The number of hydrogen-bond acceptors (Lipinski definition) is 2. The van der Waals surface area contributed by atoms with Crippen LogP contribution in [0.25, 0.3) is 5.57 Å². The van der Waals surface area contributed by atoms with Crippen molar-refractivity contribution in [2.75, 3.05) is 6.61 Å². The zero-order valence-electron chi connectivity index (χ0n) is 10.6. The largest absolute Gasteiger partial charge is 0.396 e. The lowest BCUT2D eigenvalue weighted by atomic mass is 10.1. The van der Waals surface area contributed by atoms with E-state index in [9.17, 15) is 9.18 Å². The molecule has 1 rings (SSSR count). The molecule has 4 heteroatoms. The first-order valence-electron chi connectivity index (χ1n) is 5.88. The van der Waals surface area contributed by atoms with Gasteiger partial charge < -0.3 is 10.4 Å². The molecular formula is C14H18FNO2. The smallest absolute Gasteiger partial charge is 0.244 e. The fourth-order valence-electron chi connectivity index (χ4n) is 1.56. The maximum atomic E-state index is 13.0. The van der Waals surface area contributed by atoms with Gasteiger partial charge in [-0.3, -0.25) is 4.79 Å². The van der Waals surface area contributed by atoms with E-state index in [0.717, 1.165) is 0 Å². The van der Waals surface area contributed by atoms with Crippen LogP contribution < -0.4 is 5.32 Å². The van der Waals surface area contributed by atoms with Gasteiger partial charge in [0.15, 0.2) is 0 Å². The number of rotatable bonds is 5. The number of hydrogen-bond donors (Lipinski definition) is 2. The van der Waals surface area contributed by atoms with E-state index in [1.807, 2.05) is 6.92 Å². The van der Waals surface area contributed by atoms with Crippen LogP contribution in [0.3, 0.4) is 0 Å². The zero-order chi connectivity index (χ0) is 13.5. The summed E-state index contributed by atoms with van der Waals surface area (Å²) in [6.45, 7) is 3.61. The maximum Gasteiger partial charge on any atom is 0.244 e. The van der Waals surface area contributed by atoms with Crippen LogP contribution in [0.1, 0.15) is 25.8 Å². The molecule has 0 unspecified atom stereocenters. The summed E-state index contributed by atoms with van der Waals surface area (Å²) in [6.07, 6.45) is 1.95. The summed E-state index contributed by atoms with van der Waals surface area (Å²) < 4.78 is 13.0. The van der Waals surface area contributed by atoms with E-state index in [-0.39, 0.29) is 24.4 Å². The number of aliphatic hydroxyl groups excluding tert-OH is 1. The first-order valence-corrected chi connectivity index (χ1v) is 5.88. The highest BCUT2D eigenvalue weighted by Crippen LogP contribution is 2.14. The van der Waals surface area contributed by atoms with Gasteiger partial charge in [-0.1, -0.05) is 12.1 Å². The third kappa shape index (κ3) is 4.67. The Morgan fingerprint density at radius 1 is 1.56 bits per heavy atom. The summed E-state index contributed by atoms with van der Waals surface area (Å²) in [6, 6.07) is 6.02. The molecule has 0 aliphatic rings. The quantitative estimate of drug-likeness (QED) is 0.787. The molecule has 0 aromatic heterocycles. The lowest BCUT2D eigenvalue weighted by molar-refractivity contribution is -0.117. The van der Waals surface area contributed by atoms with Gasteiger partial charge in [-0.05, 0) is 43.5 Å². The van der Waals surface area contributed by atoms with Crippen LogP contribution in [-0.4, -0.2) is 23.7 Å². The monoisotopic (exact) mass is 251 g/mol. The number of carbonyl (C=O) groups is 1. The molecule has 0 heterocycles. The molecule has 1 atom stereocenters.